The van der Waals surface area contributed by atoms with Crippen molar-refractivity contribution in [3.05, 3.63) is 47.2 Å². The molecule has 0 fully saturated rings. The van der Waals surface area contributed by atoms with Crippen LogP contribution in [0, 0.1) is 5.82 Å². The number of rotatable bonds is 6. The van der Waals surface area contributed by atoms with Gasteiger partial charge in [0.25, 0.3) is 5.91 Å². The van der Waals surface area contributed by atoms with Gasteiger partial charge in [-0.15, -0.1) is 0 Å². The number of carbonyl (C=O) groups excluding carboxylic acids is 1. The van der Waals surface area contributed by atoms with Crippen molar-refractivity contribution in [3.63, 3.8) is 0 Å². The lowest BCUT2D eigenvalue weighted by Crippen LogP contribution is -2.27. The van der Waals surface area contributed by atoms with E-state index in [4.69, 9.17) is 19.6 Å². The lowest BCUT2D eigenvalue weighted by Gasteiger charge is -2.17. The zero-order valence-electron chi connectivity index (χ0n) is 13.2. The molecule has 7 heteroatoms. The third-order valence-corrected chi connectivity index (χ3v) is 3.43. The smallest absolute Gasteiger partial charge is 0.255 e. The fourth-order valence-electron chi connectivity index (χ4n) is 2.17. The van der Waals surface area contributed by atoms with E-state index in [1.807, 2.05) is 0 Å². The van der Waals surface area contributed by atoms with Gasteiger partial charge in [-0.05, 0) is 19.1 Å². The van der Waals surface area contributed by atoms with Crippen LogP contribution in [-0.4, -0.2) is 20.1 Å². The minimum absolute atomic E-state index is 0.202. The Kier molecular flexibility index (Phi) is 5.23. The van der Waals surface area contributed by atoms with E-state index in [0.717, 1.165) is 0 Å². The Labute approximate surface area is 133 Å². The van der Waals surface area contributed by atoms with Gasteiger partial charge in [0, 0.05) is 11.6 Å². The highest BCUT2D eigenvalue weighted by atomic mass is 19.1. The second kappa shape index (κ2) is 7.15. The van der Waals surface area contributed by atoms with E-state index in [2.05, 4.69) is 5.32 Å². The zero-order valence-corrected chi connectivity index (χ0v) is 13.2. The number of benzene rings is 1. The van der Waals surface area contributed by atoms with E-state index in [9.17, 15) is 9.18 Å². The summed E-state index contributed by atoms with van der Waals surface area (Å²) in [4.78, 5) is 12.2. The highest BCUT2D eigenvalue weighted by Gasteiger charge is 2.19. The van der Waals surface area contributed by atoms with E-state index in [1.165, 1.54) is 32.6 Å². The molecule has 3 N–H and O–H groups in total. The van der Waals surface area contributed by atoms with Gasteiger partial charge in [-0.25, -0.2) is 4.39 Å². The molecule has 1 heterocycles. The lowest BCUT2D eigenvalue weighted by atomic mass is 10.1. The van der Waals surface area contributed by atoms with Gasteiger partial charge in [0.15, 0.2) is 11.5 Å². The molecular formula is C16H19FN2O4. The van der Waals surface area contributed by atoms with Crippen molar-refractivity contribution in [1.29, 1.82) is 0 Å². The molecule has 1 amide bonds. The van der Waals surface area contributed by atoms with Gasteiger partial charge in [-0.1, -0.05) is 0 Å². The molecule has 1 atom stereocenters. The Morgan fingerprint density at radius 1 is 1.30 bits per heavy atom. The quantitative estimate of drug-likeness (QED) is 0.853. The Hall–Kier alpha value is -2.54. The number of hydrogen-bond donors (Lipinski definition) is 2. The fraction of sp³-hybridized carbons (Fsp3) is 0.312. The van der Waals surface area contributed by atoms with Crippen molar-refractivity contribution in [1.82, 2.24) is 5.32 Å². The van der Waals surface area contributed by atoms with Gasteiger partial charge in [-0.2, -0.15) is 0 Å². The van der Waals surface area contributed by atoms with Crippen LogP contribution in [0.4, 0.5) is 4.39 Å². The highest BCUT2D eigenvalue weighted by Crippen LogP contribution is 2.32. The van der Waals surface area contributed by atoms with Crippen LogP contribution in [0.3, 0.4) is 0 Å². The van der Waals surface area contributed by atoms with Crippen LogP contribution in [-0.2, 0) is 6.54 Å². The monoisotopic (exact) mass is 322 g/mol. The average Bonchev–Trinajstić information content (AvgIpc) is 3.03. The van der Waals surface area contributed by atoms with Crippen LogP contribution in [0.25, 0.3) is 0 Å². The van der Waals surface area contributed by atoms with Crippen molar-refractivity contribution < 1.29 is 23.1 Å². The summed E-state index contributed by atoms with van der Waals surface area (Å²) in [5, 5.41) is 2.70. The van der Waals surface area contributed by atoms with E-state index in [0.29, 0.717) is 22.6 Å². The molecule has 0 aliphatic rings. The molecule has 0 saturated carbocycles. The molecule has 2 rings (SSSR count). The fourth-order valence-corrected chi connectivity index (χ4v) is 2.17. The number of halogens is 1. The Bertz CT molecular complexity index is 699. The van der Waals surface area contributed by atoms with Crippen molar-refractivity contribution >= 4 is 5.91 Å². The summed E-state index contributed by atoms with van der Waals surface area (Å²) >= 11 is 0. The van der Waals surface area contributed by atoms with Gasteiger partial charge in [0.2, 0.25) is 0 Å². The van der Waals surface area contributed by atoms with E-state index in [1.54, 1.807) is 13.0 Å². The first kappa shape index (κ1) is 16.8. The van der Waals surface area contributed by atoms with E-state index >= 15 is 0 Å². The first-order valence-electron chi connectivity index (χ1n) is 6.99. The number of hydrogen-bond acceptors (Lipinski definition) is 5. The molecule has 124 valence electrons. The maximum absolute atomic E-state index is 14.2. The summed E-state index contributed by atoms with van der Waals surface area (Å²) in [5.41, 5.74) is 6.06. The van der Waals surface area contributed by atoms with Crippen LogP contribution < -0.4 is 20.5 Å². The van der Waals surface area contributed by atoms with E-state index < -0.39 is 11.9 Å². The third-order valence-electron chi connectivity index (χ3n) is 3.43. The molecule has 23 heavy (non-hydrogen) atoms. The molecular weight excluding hydrogens is 303 g/mol. The molecule has 0 saturated heterocycles. The average molecular weight is 322 g/mol. The van der Waals surface area contributed by atoms with Crippen molar-refractivity contribution in [2.75, 3.05) is 14.2 Å². The van der Waals surface area contributed by atoms with Gasteiger partial charge >= 0.3 is 0 Å². The Morgan fingerprint density at radius 3 is 2.52 bits per heavy atom. The molecule has 0 radical (unpaired) electrons. The molecule has 0 aliphatic heterocycles. The van der Waals surface area contributed by atoms with Gasteiger partial charge in [0.05, 0.1) is 32.4 Å². The van der Waals surface area contributed by atoms with Crippen molar-refractivity contribution in [3.8, 4) is 11.5 Å². The zero-order chi connectivity index (χ0) is 17.0. The van der Waals surface area contributed by atoms with E-state index in [-0.39, 0.29) is 18.2 Å². The summed E-state index contributed by atoms with van der Waals surface area (Å²) < 4.78 is 29.5. The number of nitrogens with two attached hydrogens (primary N) is 1. The topological polar surface area (TPSA) is 86.7 Å². The van der Waals surface area contributed by atoms with Crippen molar-refractivity contribution in [2.24, 2.45) is 5.73 Å². The molecule has 1 aromatic heterocycles. The van der Waals surface area contributed by atoms with Crippen LogP contribution in [0.15, 0.2) is 28.9 Å². The normalized spacial score (nSPS) is 11.9. The number of nitrogens with one attached hydrogen (secondary N) is 1. The maximum Gasteiger partial charge on any atom is 0.255 e. The number of carbonyl (C=O) groups is 1. The van der Waals surface area contributed by atoms with Gasteiger partial charge < -0.3 is 24.9 Å². The predicted molar refractivity (Wildman–Crippen MR) is 82.0 cm³/mol. The van der Waals surface area contributed by atoms with Gasteiger partial charge in [-0.3, -0.25) is 4.79 Å². The molecule has 6 nitrogen and oxygen atoms in total. The molecule has 2 aromatic rings. The second-order valence-corrected chi connectivity index (χ2v) is 4.93. The van der Waals surface area contributed by atoms with Crippen LogP contribution in [0.1, 0.15) is 34.6 Å². The molecule has 1 aromatic carbocycles. The Balaban J connectivity index is 2.19. The van der Waals surface area contributed by atoms with Crippen LogP contribution in [0.5, 0.6) is 11.5 Å². The Morgan fingerprint density at radius 2 is 1.96 bits per heavy atom. The summed E-state index contributed by atoms with van der Waals surface area (Å²) in [6, 6.07) is 3.70. The lowest BCUT2D eigenvalue weighted by molar-refractivity contribution is 0.0938. The first-order chi connectivity index (χ1) is 11.0. The minimum Gasteiger partial charge on any atom is -0.493 e. The highest BCUT2D eigenvalue weighted by molar-refractivity contribution is 5.94. The predicted octanol–water partition coefficient (Wildman–Crippen LogP) is 2.39. The van der Waals surface area contributed by atoms with Crippen LogP contribution >= 0.6 is 0 Å². The number of amides is 1. The number of ether oxygens (including phenoxy) is 2. The summed E-state index contributed by atoms with van der Waals surface area (Å²) in [7, 11) is 2.89. The molecule has 0 bridgehead atoms. The van der Waals surface area contributed by atoms with Crippen molar-refractivity contribution in [2.45, 2.75) is 19.5 Å². The number of furan rings is 1. The summed E-state index contributed by atoms with van der Waals surface area (Å²) in [6.45, 7) is 1.87. The molecule has 1 unspecified atom stereocenters. The first-order valence-corrected chi connectivity index (χ1v) is 6.99. The maximum atomic E-state index is 14.2. The van der Waals surface area contributed by atoms with Crippen LogP contribution in [0.2, 0.25) is 0 Å². The summed E-state index contributed by atoms with van der Waals surface area (Å²) in [5.74, 6) is 0.300. The minimum atomic E-state index is -0.571. The SMILES string of the molecule is COc1cc(F)c(C(C)NC(=O)c2coc(CN)c2)cc1OC. The summed E-state index contributed by atoms with van der Waals surface area (Å²) in [6.07, 6.45) is 1.31. The molecule has 0 spiro atoms. The third kappa shape index (κ3) is 3.62. The molecule has 0 aliphatic carbocycles. The standard InChI is InChI=1S/C16H19FN2O4/c1-9(19-16(20)10-4-11(7-18)23-8-10)12-5-14(21-2)15(22-3)6-13(12)17/h4-6,8-9H,7,18H2,1-3H3,(H,19,20). The largest absolute Gasteiger partial charge is 0.493 e. The second-order valence-electron chi connectivity index (χ2n) is 4.93. The number of methoxy groups -OCH3 is 2. The van der Waals surface area contributed by atoms with Gasteiger partial charge in [0.1, 0.15) is 17.8 Å².